The average Bonchev–Trinajstić information content (AvgIpc) is 2.51. The summed E-state index contributed by atoms with van der Waals surface area (Å²) in [4.78, 5) is 22.8. The van der Waals surface area contributed by atoms with Crippen molar-refractivity contribution in [3.8, 4) is 0 Å². The van der Waals surface area contributed by atoms with Gasteiger partial charge in [0.05, 0.1) is 0 Å². The third-order valence-corrected chi connectivity index (χ3v) is 2.88. The van der Waals surface area contributed by atoms with Crippen LogP contribution in [0.4, 0.5) is 33.3 Å². The van der Waals surface area contributed by atoms with Crippen molar-refractivity contribution in [3.63, 3.8) is 0 Å². The van der Waals surface area contributed by atoms with Gasteiger partial charge in [-0.3, -0.25) is 9.59 Å². The number of anilines is 2. The monoisotopic (exact) mass is 344 g/mol. The fourth-order valence-electron chi connectivity index (χ4n) is 1.88. The quantitative estimate of drug-likeness (QED) is 0.508. The maximum absolute atomic E-state index is 13.6. The second kappa shape index (κ2) is 6.65. The molecule has 2 aromatic carbocycles. The molecular weight excluding hydrogens is 335 g/mol. The molecule has 0 unspecified atom stereocenters. The highest BCUT2D eigenvalue weighted by Gasteiger charge is 2.29. The highest BCUT2D eigenvalue weighted by molar-refractivity contribution is 6.05. The summed E-state index contributed by atoms with van der Waals surface area (Å²) in [6.45, 7) is 1.24. The first-order valence-corrected chi connectivity index (χ1v) is 6.42. The van der Waals surface area contributed by atoms with Gasteiger partial charge in [0.25, 0.3) is 5.91 Å². The number of carbonyl (C=O) groups is 2. The van der Waals surface area contributed by atoms with Gasteiger partial charge in [0, 0.05) is 18.3 Å². The molecular formula is C15H9F5N2O2. The predicted octanol–water partition coefficient (Wildman–Crippen LogP) is 3.59. The highest BCUT2D eigenvalue weighted by Crippen LogP contribution is 2.24. The van der Waals surface area contributed by atoms with Gasteiger partial charge in [0.15, 0.2) is 23.3 Å². The zero-order chi connectivity index (χ0) is 18.0. The maximum Gasteiger partial charge on any atom is 0.261 e. The second-order valence-electron chi connectivity index (χ2n) is 4.66. The van der Waals surface area contributed by atoms with Crippen molar-refractivity contribution < 1.29 is 31.5 Å². The number of halogens is 5. The number of hydrogen-bond acceptors (Lipinski definition) is 2. The molecule has 2 rings (SSSR count). The summed E-state index contributed by atoms with van der Waals surface area (Å²) < 4.78 is 66.3. The third kappa shape index (κ3) is 3.34. The van der Waals surface area contributed by atoms with Gasteiger partial charge in [0.2, 0.25) is 11.7 Å². The van der Waals surface area contributed by atoms with Crippen LogP contribution in [-0.4, -0.2) is 11.8 Å². The second-order valence-corrected chi connectivity index (χ2v) is 4.66. The van der Waals surface area contributed by atoms with Crippen molar-refractivity contribution in [3.05, 3.63) is 58.9 Å². The zero-order valence-corrected chi connectivity index (χ0v) is 12.0. The number of benzene rings is 2. The van der Waals surface area contributed by atoms with E-state index in [-0.39, 0.29) is 11.4 Å². The zero-order valence-electron chi connectivity index (χ0n) is 12.0. The summed E-state index contributed by atoms with van der Waals surface area (Å²) in [5, 5.41) is 4.40. The number of rotatable bonds is 3. The number of amides is 2. The summed E-state index contributed by atoms with van der Waals surface area (Å²) >= 11 is 0. The average molecular weight is 344 g/mol. The molecule has 2 N–H and O–H groups in total. The van der Waals surface area contributed by atoms with E-state index in [1.165, 1.54) is 31.2 Å². The van der Waals surface area contributed by atoms with E-state index in [9.17, 15) is 31.5 Å². The molecule has 0 saturated heterocycles. The summed E-state index contributed by atoms with van der Waals surface area (Å²) in [5.41, 5.74) is -1.36. The third-order valence-electron chi connectivity index (χ3n) is 2.88. The normalized spacial score (nSPS) is 10.4. The molecule has 0 bridgehead atoms. The standard InChI is InChI=1S/C15H9F5N2O2/c1-6(23)21-7-3-2-4-8(5-7)22-15(24)9-10(16)12(18)14(20)13(19)11(9)17/h2-5H,1H3,(H,21,23)(H,22,24). The first-order valence-electron chi connectivity index (χ1n) is 6.42. The van der Waals surface area contributed by atoms with Crippen LogP contribution in [-0.2, 0) is 4.79 Å². The summed E-state index contributed by atoms with van der Waals surface area (Å²) in [6.07, 6.45) is 0. The van der Waals surface area contributed by atoms with E-state index in [2.05, 4.69) is 5.32 Å². The van der Waals surface area contributed by atoms with Crippen LogP contribution in [0.3, 0.4) is 0 Å². The van der Waals surface area contributed by atoms with Crippen LogP contribution in [0, 0.1) is 29.1 Å². The molecule has 0 saturated carbocycles. The summed E-state index contributed by atoms with van der Waals surface area (Å²) in [5.74, 6) is -13.2. The molecule has 0 aliphatic rings. The van der Waals surface area contributed by atoms with Crippen LogP contribution in [0.2, 0.25) is 0 Å². The molecule has 2 amide bonds. The fourth-order valence-corrected chi connectivity index (χ4v) is 1.88. The van der Waals surface area contributed by atoms with Gasteiger partial charge in [-0.1, -0.05) is 6.07 Å². The van der Waals surface area contributed by atoms with E-state index >= 15 is 0 Å². The Morgan fingerprint density at radius 1 is 0.792 bits per heavy atom. The van der Waals surface area contributed by atoms with Crippen molar-refractivity contribution in [2.45, 2.75) is 6.92 Å². The SMILES string of the molecule is CC(=O)Nc1cccc(NC(=O)c2c(F)c(F)c(F)c(F)c2F)c1. The van der Waals surface area contributed by atoms with E-state index in [0.29, 0.717) is 0 Å². The molecule has 4 nitrogen and oxygen atoms in total. The summed E-state index contributed by atoms with van der Waals surface area (Å²) in [7, 11) is 0. The molecule has 0 radical (unpaired) electrons. The van der Waals surface area contributed by atoms with Crippen molar-refractivity contribution in [1.29, 1.82) is 0 Å². The van der Waals surface area contributed by atoms with Gasteiger partial charge in [-0.15, -0.1) is 0 Å². The van der Waals surface area contributed by atoms with Gasteiger partial charge in [0.1, 0.15) is 5.56 Å². The predicted molar refractivity (Wildman–Crippen MR) is 74.9 cm³/mol. The Morgan fingerprint density at radius 2 is 1.25 bits per heavy atom. The van der Waals surface area contributed by atoms with Crippen molar-refractivity contribution >= 4 is 23.2 Å². The molecule has 9 heteroatoms. The van der Waals surface area contributed by atoms with E-state index in [1.807, 2.05) is 5.32 Å². The van der Waals surface area contributed by atoms with Crippen LogP contribution < -0.4 is 10.6 Å². The molecule has 2 aromatic rings. The Labute approximate surface area is 132 Å². The van der Waals surface area contributed by atoms with Crippen molar-refractivity contribution in [2.24, 2.45) is 0 Å². The fraction of sp³-hybridized carbons (Fsp3) is 0.0667. The Kier molecular flexibility index (Phi) is 4.82. The topological polar surface area (TPSA) is 58.2 Å². The summed E-state index contributed by atoms with van der Waals surface area (Å²) in [6, 6.07) is 5.41. The van der Waals surface area contributed by atoms with Crippen LogP contribution in [0.25, 0.3) is 0 Å². The highest BCUT2D eigenvalue weighted by atomic mass is 19.2. The number of nitrogens with one attached hydrogen (secondary N) is 2. The molecule has 0 aliphatic heterocycles. The van der Waals surface area contributed by atoms with Crippen LogP contribution >= 0.6 is 0 Å². The molecule has 0 fully saturated rings. The Morgan fingerprint density at radius 3 is 1.75 bits per heavy atom. The number of carbonyl (C=O) groups excluding carboxylic acids is 2. The molecule has 0 atom stereocenters. The largest absolute Gasteiger partial charge is 0.326 e. The van der Waals surface area contributed by atoms with Gasteiger partial charge < -0.3 is 10.6 Å². The lowest BCUT2D eigenvalue weighted by Crippen LogP contribution is -2.19. The minimum Gasteiger partial charge on any atom is -0.326 e. The maximum atomic E-state index is 13.6. The van der Waals surface area contributed by atoms with Gasteiger partial charge >= 0.3 is 0 Å². The van der Waals surface area contributed by atoms with Crippen LogP contribution in [0.15, 0.2) is 24.3 Å². The van der Waals surface area contributed by atoms with Crippen LogP contribution in [0.1, 0.15) is 17.3 Å². The Bertz CT molecular complexity index is 810. The minimum absolute atomic E-state index is 0.0183. The molecule has 126 valence electrons. The first-order chi connectivity index (χ1) is 11.2. The van der Waals surface area contributed by atoms with Gasteiger partial charge in [-0.25, -0.2) is 22.0 Å². The molecule has 0 spiro atoms. The Hall–Kier alpha value is -2.97. The van der Waals surface area contributed by atoms with Gasteiger partial charge in [-0.2, -0.15) is 0 Å². The van der Waals surface area contributed by atoms with Crippen molar-refractivity contribution in [1.82, 2.24) is 0 Å². The van der Waals surface area contributed by atoms with E-state index in [1.54, 1.807) is 0 Å². The number of hydrogen-bond donors (Lipinski definition) is 2. The lowest BCUT2D eigenvalue weighted by Gasteiger charge is -2.10. The van der Waals surface area contributed by atoms with E-state index in [4.69, 9.17) is 0 Å². The van der Waals surface area contributed by atoms with Crippen LogP contribution in [0.5, 0.6) is 0 Å². The molecule has 0 aliphatic carbocycles. The van der Waals surface area contributed by atoms with E-state index in [0.717, 1.165) is 0 Å². The lowest BCUT2D eigenvalue weighted by atomic mass is 10.1. The minimum atomic E-state index is -2.35. The van der Waals surface area contributed by atoms with Crippen molar-refractivity contribution in [2.75, 3.05) is 10.6 Å². The Balaban J connectivity index is 2.36. The lowest BCUT2D eigenvalue weighted by molar-refractivity contribution is -0.114. The van der Waals surface area contributed by atoms with E-state index < -0.39 is 46.5 Å². The smallest absolute Gasteiger partial charge is 0.261 e. The molecule has 0 heterocycles. The molecule has 0 aromatic heterocycles. The van der Waals surface area contributed by atoms with Gasteiger partial charge in [-0.05, 0) is 18.2 Å². The molecule has 24 heavy (non-hydrogen) atoms. The first kappa shape index (κ1) is 17.4.